The fourth-order valence-corrected chi connectivity index (χ4v) is 1.67. The molecule has 0 saturated carbocycles. The first-order chi connectivity index (χ1) is 9.19. The van der Waals surface area contributed by atoms with E-state index in [-0.39, 0.29) is 0 Å². The number of pyridine rings is 1. The summed E-state index contributed by atoms with van der Waals surface area (Å²) in [6, 6.07) is 4.22. The van der Waals surface area contributed by atoms with Crippen molar-refractivity contribution in [3.05, 3.63) is 36.3 Å². The van der Waals surface area contributed by atoms with Gasteiger partial charge in [0.15, 0.2) is 0 Å². The summed E-state index contributed by atoms with van der Waals surface area (Å²) in [6.07, 6.45) is 5.71. The van der Waals surface area contributed by atoms with E-state index >= 15 is 0 Å². The zero-order valence-electron chi connectivity index (χ0n) is 11.6. The molecule has 0 saturated heterocycles. The quantitative estimate of drug-likeness (QED) is 0.867. The Bertz CT molecular complexity index is 504. The van der Waals surface area contributed by atoms with E-state index < -0.39 is 0 Å². The molecule has 0 fully saturated rings. The van der Waals surface area contributed by atoms with Gasteiger partial charge in [-0.05, 0) is 26.8 Å². The van der Waals surface area contributed by atoms with Crippen LogP contribution in [-0.4, -0.2) is 21.4 Å². The first-order valence-electron chi connectivity index (χ1n) is 6.54. The zero-order valence-corrected chi connectivity index (χ0v) is 11.6. The molecule has 0 aromatic carbocycles. The summed E-state index contributed by atoms with van der Waals surface area (Å²) in [7, 11) is 0. The van der Waals surface area contributed by atoms with Crippen molar-refractivity contribution in [2.75, 3.05) is 11.9 Å². The first-order valence-corrected chi connectivity index (χ1v) is 6.54. The van der Waals surface area contributed by atoms with Crippen LogP contribution >= 0.6 is 0 Å². The summed E-state index contributed by atoms with van der Waals surface area (Å²) in [4.78, 5) is 4.21. The van der Waals surface area contributed by atoms with Crippen molar-refractivity contribution >= 4 is 5.69 Å². The maximum Gasteiger partial charge on any atom is 0.213 e. The second-order valence-corrected chi connectivity index (χ2v) is 4.59. The molecule has 102 valence electrons. The second-order valence-electron chi connectivity index (χ2n) is 4.59. The maximum atomic E-state index is 5.30. The smallest absolute Gasteiger partial charge is 0.213 e. The Morgan fingerprint density at radius 1 is 1.32 bits per heavy atom. The molecule has 2 aromatic rings. The largest absolute Gasteiger partial charge is 0.478 e. The molecule has 2 aromatic heterocycles. The first kappa shape index (κ1) is 13.4. The Hall–Kier alpha value is -2.04. The lowest BCUT2D eigenvalue weighted by Crippen LogP contribution is -2.01. The molecule has 19 heavy (non-hydrogen) atoms. The number of hydrogen-bond acceptors (Lipinski definition) is 4. The fraction of sp³-hybridized carbons (Fsp3) is 0.429. The van der Waals surface area contributed by atoms with E-state index in [0.717, 1.165) is 17.8 Å². The Labute approximate surface area is 113 Å². The molecule has 0 aliphatic rings. The van der Waals surface area contributed by atoms with Crippen molar-refractivity contribution in [1.29, 1.82) is 0 Å². The highest BCUT2D eigenvalue weighted by atomic mass is 16.5. The third-order valence-electron chi connectivity index (χ3n) is 2.71. The van der Waals surface area contributed by atoms with E-state index in [1.165, 1.54) is 0 Å². The molecule has 0 atom stereocenters. The molecule has 0 spiro atoms. The van der Waals surface area contributed by atoms with E-state index in [1.54, 1.807) is 6.20 Å². The zero-order chi connectivity index (χ0) is 13.7. The van der Waals surface area contributed by atoms with Gasteiger partial charge in [0.1, 0.15) is 0 Å². The van der Waals surface area contributed by atoms with Gasteiger partial charge in [-0.15, -0.1) is 0 Å². The van der Waals surface area contributed by atoms with Crippen LogP contribution < -0.4 is 10.1 Å². The molecule has 0 radical (unpaired) electrons. The standard InChI is InChI=1S/C14H20N4O/c1-4-19-14-6-5-13(9-16-14)15-7-12-8-17-18(10-12)11(2)3/h5-6,8-11,15H,4,7H2,1-3H3. The van der Waals surface area contributed by atoms with Crippen LogP contribution in [0.15, 0.2) is 30.7 Å². The monoisotopic (exact) mass is 260 g/mol. The molecular weight excluding hydrogens is 240 g/mol. The molecule has 0 bridgehead atoms. The third-order valence-corrected chi connectivity index (χ3v) is 2.71. The van der Waals surface area contributed by atoms with Gasteiger partial charge in [0.05, 0.1) is 24.7 Å². The molecular formula is C14H20N4O. The minimum atomic E-state index is 0.390. The molecule has 1 N–H and O–H groups in total. The van der Waals surface area contributed by atoms with E-state index in [0.29, 0.717) is 18.5 Å². The minimum Gasteiger partial charge on any atom is -0.478 e. The summed E-state index contributed by atoms with van der Waals surface area (Å²) >= 11 is 0. The lowest BCUT2D eigenvalue weighted by Gasteiger charge is -2.06. The summed E-state index contributed by atoms with van der Waals surface area (Å²) in [5.74, 6) is 0.653. The average molecular weight is 260 g/mol. The summed E-state index contributed by atoms with van der Waals surface area (Å²) in [6.45, 7) is 7.54. The van der Waals surface area contributed by atoms with E-state index in [2.05, 4.69) is 35.4 Å². The van der Waals surface area contributed by atoms with Gasteiger partial charge in [-0.1, -0.05) is 0 Å². The number of nitrogens with zero attached hydrogens (tertiary/aromatic N) is 3. The van der Waals surface area contributed by atoms with Crippen LogP contribution in [0.2, 0.25) is 0 Å². The highest BCUT2D eigenvalue weighted by Gasteiger charge is 2.02. The normalized spacial score (nSPS) is 10.7. The molecule has 2 heterocycles. The van der Waals surface area contributed by atoms with Crippen LogP contribution in [0.5, 0.6) is 5.88 Å². The van der Waals surface area contributed by atoms with Crippen LogP contribution in [-0.2, 0) is 6.54 Å². The highest BCUT2D eigenvalue weighted by Crippen LogP contribution is 2.13. The van der Waals surface area contributed by atoms with Crippen LogP contribution in [0.25, 0.3) is 0 Å². The van der Waals surface area contributed by atoms with E-state index in [4.69, 9.17) is 4.74 Å². The van der Waals surface area contributed by atoms with Gasteiger partial charge in [0.2, 0.25) is 5.88 Å². The lowest BCUT2D eigenvalue weighted by molar-refractivity contribution is 0.327. The third kappa shape index (κ3) is 3.71. The number of anilines is 1. The summed E-state index contributed by atoms with van der Waals surface area (Å²) in [5, 5.41) is 7.62. The molecule has 5 heteroatoms. The van der Waals surface area contributed by atoms with Gasteiger partial charge in [0.25, 0.3) is 0 Å². The predicted octanol–water partition coefficient (Wildman–Crippen LogP) is 2.87. The Morgan fingerprint density at radius 2 is 2.16 bits per heavy atom. The van der Waals surface area contributed by atoms with Crippen molar-refractivity contribution in [2.24, 2.45) is 0 Å². The Kier molecular flexibility index (Phi) is 4.39. The Balaban J connectivity index is 1.90. The average Bonchev–Trinajstić information content (AvgIpc) is 2.87. The Morgan fingerprint density at radius 3 is 2.74 bits per heavy atom. The van der Waals surface area contributed by atoms with Crippen molar-refractivity contribution in [3.8, 4) is 5.88 Å². The molecule has 0 aliphatic heterocycles. The van der Waals surface area contributed by atoms with Gasteiger partial charge in [0, 0.05) is 30.4 Å². The lowest BCUT2D eigenvalue weighted by atomic mass is 10.3. The number of aromatic nitrogens is 3. The van der Waals surface area contributed by atoms with Gasteiger partial charge in [-0.3, -0.25) is 4.68 Å². The minimum absolute atomic E-state index is 0.390. The highest BCUT2D eigenvalue weighted by molar-refractivity contribution is 5.42. The van der Waals surface area contributed by atoms with Gasteiger partial charge in [-0.25, -0.2) is 4.98 Å². The van der Waals surface area contributed by atoms with Crippen LogP contribution in [0.4, 0.5) is 5.69 Å². The van der Waals surface area contributed by atoms with Crippen LogP contribution in [0.1, 0.15) is 32.4 Å². The van der Waals surface area contributed by atoms with Crippen LogP contribution in [0.3, 0.4) is 0 Å². The van der Waals surface area contributed by atoms with Gasteiger partial charge in [-0.2, -0.15) is 5.10 Å². The summed E-state index contributed by atoms with van der Waals surface area (Å²) in [5.41, 5.74) is 2.13. The van der Waals surface area contributed by atoms with Gasteiger partial charge >= 0.3 is 0 Å². The number of nitrogens with one attached hydrogen (secondary N) is 1. The molecule has 5 nitrogen and oxygen atoms in total. The second kappa shape index (κ2) is 6.22. The topological polar surface area (TPSA) is 52.0 Å². The predicted molar refractivity (Wildman–Crippen MR) is 75.3 cm³/mol. The summed E-state index contributed by atoms with van der Waals surface area (Å²) < 4.78 is 7.25. The molecule has 2 rings (SSSR count). The van der Waals surface area contributed by atoms with Gasteiger partial charge < -0.3 is 10.1 Å². The fourth-order valence-electron chi connectivity index (χ4n) is 1.67. The number of ether oxygens (including phenoxy) is 1. The SMILES string of the molecule is CCOc1ccc(NCc2cnn(C(C)C)c2)cn1. The molecule has 0 amide bonds. The van der Waals surface area contributed by atoms with Crippen molar-refractivity contribution in [2.45, 2.75) is 33.4 Å². The number of rotatable bonds is 6. The van der Waals surface area contributed by atoms with Crippen molar-refractivity contribution in [3.63, 3.8) is 0 Å². The number of hydrogen-bond donors (Lipinski definition) is 1. The van der Waals surface area contributed by atoms with E-state index in [1.807, 2.05) is 29.9 Å². The van der Waals surface area contributed by atoms with Crippen molar-refractivity contribution < 1.29 is 4.74 Å². The van der Waals surface area contributed by atoms with Crippen LogP contribution in [0, 0.1) is 0 Å². The molecule has 0 unspecified atom stereocenters. The van der Waals surface area contributed by atoms with Crippen molar-refractivity contribution in [1.82, 2.24) is 14.8 Å². The maximum absolute atomic E-state index is 5.30. The van der Waals surface area contributed by atoms with E-state index in [9.17, 15) is 0 Å². The molecule has 0 aliphatic carbocycles.